The third-order valence-corrected chi connectivity index (χ3v) is 4.36. The fraction of sp³-hybridized carbons (Fsp3) is 0.938. The van der Waals surface area contributed by atoms with Crippen LogP contribution < -0.4 is 0 Å². The lowest BCUT2D eigenvalue weighted by Gasteiger charge is -2.39. The van der Waals surface area contributed by atoms with Crippen LogP contribution in [0.4, 0.5) is 13.6 Å². The van der Waals surface area contributed by atoms with E-state index in [4.69, 9.17) is 9.47 Å². The van der Waals surface area contributed by atoms with Crippen molar-refractivity contribution < 1.29 is 23.0 Å². The summed E-state index contributed by atoms with van der Waals surface area (Å²) >= 11 is 0. The second kappa shape index (κ2) is 6.89. The zero-order chi connectivity index (χ0) is 17.3. The van der Waals surface area contributed by atoms with E-state index in [0.29, 0.717) is 32.5 Å². The van der Waals surface area contributed by atoms with E-state index in [1.54, 1.807) is 12.0 Å². The van der Waals surface area contributed by atoms with Crippen LogP contribution in [0.25, 0.3) is 0 Å². The number of alkyl halides is 2. The molecular formula is C16H28F2N2O3. The van der Waals surface area contributed by atoms with Crippen molar-refractivity contribution in [3.05, 3.63) is 0 Å². The molecule has 2 aliphatic rings. The van der Waals surface area contributed by atoms with E-state index in [1.165, 1.54) is 0 Å². The van der Waals surface area contributed by atoms with Crippen molar-refractivity contribution in [2.24, 2.45) is 0 Å². The minimum atomic E-state index is -2.65. The van der Waals surface area contributed by atoms with Crippen LogP contribution >= 0.6 is 0 Å². The Morgan fingerprint density at radius 1 is 1.26 bits per heavy atom. The number of amides is 1. The molecule has 0 aromatic heterocycles. The Morgan fingerprint density at radius 2 is 1.87 bits per heavy atom. The molecule has 2 aliphatic heterocycles. The van der Waals surface area contributed by atoms with Crippen LogP contribution in [0.2, 0.25) is 0 Å². The molecule has 2 saturated heterocycles. The monoisotopic (exact) mass is 334 g/mol. The summed E-state index contributed by atoms with van der Waals surface area (Å²) in [5.74, 6) is -2.65. The summed E-state index contributed by atoms with van der Waals surface area (Å²) in [6.07, 6.45) is 0.911. The number of methoxy groups -OCH3 is 1. The van der Waals surface area contributed by atoms with Crippen molar-refractivity contribution in [1.29, 1.82) is 0 Å². The molecule has 2 heterocycles. The second-order valence-corrected chi connectivity index (χ2v) is 7.54. The van der Waals surface area contributed by atoms with Gasteiger partial charge in [-0.05, 0) is 33.6 Å². The normalized spacial score (nSPS) is 26.5. The Balaban J connectivity index is 1.89. The number of ether oxygens (including phenoxy) is 2. The summed E-state index contributed by atoms with van der Waals surface area (Å²) in [6.45, 7) is 6.70. The fourth-order valence-corrected chi connectivity index (χ4v) is 3.40. The van der Waals surface area contributed by atoms with Crippen LogP contribution in [0.1, 0.15) is 40.0 Å². The smallest absolute Gasteiger partial charge is 0.410 e. The lowest BCUT2D eigenvalue weighted by molar-refractivity contribution is -0.00402. The number of rotatable bonds is 3. The molecule has 0 bridgehead atoms. The van der Waals surface area contributed by atoms with Gasteiger partial charge in [0, 0.05) is 38.7 Å². The quantitative estimate of drug-likeness (QED) is 0.796. The molecule has 1 atom stereocenters. The van der Waals surface area contributed by atoms with Crippen LogP contribution in [0, 0.1) is 0 Å². The van der Waals surface area contributed by atoms with Gasteiger partial charge in [-0.3, -0.25) is 4.90 Å². The van der Waals surface area contributed by atoms with Crippen molar-refractivity contribution >= 4 is 6.09 Å². The summed E-state index contributed by atoms with van der Waals surface area (Å²) in [4.78, 5) is 15.6. The molecule has 23 heavy (non-hydrogen) atoms. The van der Waals surface area contributed by atoms with Gasteiger partial charge in [0.15, 0.2) is 0 Å². The summed E-state index contributed by atoms with van der Waals surface area (Å²) in [6, 6.07) is -0.171. The highest BCUT2D eigenvalue weighted by atomic mass is 19.3. The first-order chi connectivity index (χ1) is 10.6. The van der Waals surface area contributed by atoms with E-state index in [-0.39, 0.29) is 31.1 Å². The Hall–Kier alpha value is -0.950. The number of nitrogens with zero attached hydrogens (tertiary/aromatic N) is 2. The van der Waals surface area contributed by atoms with Crippen molar-refractivity contribution in [3.63, 3.8) is 0 Å². The van der Waals surface area contributed by atoms with Gasteiger partial charge in [-0.1, -0.05) is 0 Å². The van der Waals surface area contributed by atoms with Crippen LogP contribution in [0.15, 0.2) is 0 Å². The number of carbonyl (C=O) groups is 1. The zero-order valence-corrected chi connectivity index (χ0v) is 14.5. The van der Waals surface area contributed by atoms with Gasteiger partial charge < -0.3 is 14.4 Å². The van der Waals surface area contributed by atoms with E-state index in [9.17, 15) is 13.6 Å². The molecular weight excluding hydrogens is 306 g/mol. The molecule has 7 heteroatoms. The van der Waals surface area contributed by atoms with Gasteiger partial charge in [-0.15, -0.1) is 0 Å². The van der Waals surface area contributed by atoms with E-state index in [2.05, 4.69) is 0 Å². The average Bonchev–Trinajstić information content (AvgIpc) is 2.72. The van der Waals surface area contributed by atoms with E-state index < -0.39 is 11.5 Å². The molecule has 0 radical (unpaired) electrons. The summed E-state index contributed by atoms with van der Waals surface area (Å²) in [7, 11) is 1.54. The van der Waals surface area contributed by atoms with Gasteiger partial charge in [0.1, 0.15) is 5.60 Å². The van der Waals surface area contributed by atoms with Crippen LogP contribution in [-0.4, -0.2) is 72.9 Å². The van der Waals surface area contributed by atoms with Gasteiger partial charge >= 0.3 is 6.09 Å². The number of piperidine rings is 1. The highest BCUT2D eigenvalue weighted by Gasteiger charge is 2.47. The lowest BCUT2D eigenvalue weighted by atomic mass is 10.0. The van der Waals surface area contributed by atoms with Gasteiger partial charge in [0.2, 0.25) is 0 Å². The maximum atomic E-state index is 13.7. The predicted octanol–water partition coefficient (Wildman–Crippen LogP) is 2.74. The highest BCUT2D eigenvalue weighted by Crippen LogP contribution is 2.35. The number of carbonyl (C=O) groups excluding carboxylic acids is 1. The minimum Gasteiger partial charge on any atom is -0.444 e. The number of likely N-dealkylation sites (tertiary alicyclic amines) is 2. The number of hydrogen-bond acceptors (Lipinski definition) is 4. The molecule has 2 fully saturated rings. The molecule has 0 spiro atoms. The third-order valence-electron chi connectivity index (χ3n) is 4.36. The van der Waals surface area contributed by atoms with Crippen molar-refractivity contribution in [1.82, 2.24) is 9.80 Å². The van der Waals surface area contributed by atoms with Crippen molar-refractivity contribution in [2.45, 2.75) is 63.6 Å². The zero-order valence-electron chi connectivity index (χ0n) is 14.5. The fourth-order valence-electron chi connectivity index (χ4n) is 3.40. The van der Waals surface area contributed by atoms with Crippen molar-refractivity contribution in [2.75, 3.05) is 33.4 Å². The Labute approximate surface area is 136 Å². The maximum Gasteiger partial charge on any atom is 0.410 e. The van der Waals surface area contributed by atoms with Gasteiger partial charge in [0.05, 0.1) is 13.2 Å². The largest absolute Gasteiger partial charge is 0.444 e. The predicted molar refractivity (Wildman–Crippen MR) is 82.8 cm³/mol. The molecule has 1 unspecified atom stereocenters. The van der Waals surface area contributed by atoms with Gasteiger partial charge in [-0.2, -0.15) is 0 Å². The average molecular weight is 334 g/mol. The Kier molecular flexibility index (Phi) is 5.51. The lowest BCUT2D eigenvalue weighted by Crippen LogP contribution is -2.50. The molecule has 0 saturated carbocycles. The van der Waals surface area contributed by atoms with E-state index in [0.717, 1.165) is 0 Å². The molecule has 5 nitrogen and oxygen atoms in total. The van der Waals surface area contributed by atoms with Crippen LogP contribution in [0.3, 0.4) is 0 Å². The molecule has 0 N–H and O–H groups in total. The maximum absolute atomic E-state index is 13.7. The minimum absolute atomic E-state index is 0.0715. The topological polar surface area (TPSA) is 42.0 Å². The molecule has 2 rings (SSSR count). The second-order valence-electron chi connectivity index (χ2n) is 7.54. The molecule has 0 aliphatic carbocycles. The third kappa shape index (κ3) is 5.01. The summed E-state index contributed by atoms with van der Waals surface area (Å²) < 4.78 is 37.9. The van der Waals surface area contributed by atoms with E-state index >= 15 is 0 Å². The Morgan fingerprint density at radius 3 is 2.39 bits per heavy atom. The number of halogens is 2. The first-order valence-corrected chi connectivity index (χ1v) is 8.22. The van der Waals surface area contributed by atoms with Gasteiger partial charge in [0.25, 0.3) is 5.92 Å². The Bertz CT molecular complexity index is 418. The van der Waals surface area contributed by atoms with E-state index in [1.807, 2.05) is 25.7 Å². The van der Waals surface area contributed by atoms with Crippen molar-refractivity contribution in [3.8, 4) is 0 Å². The van der Waals surface area contributed by atoms with Gasteiger partial charge in [-0.25, -0.2) is 13.6 Å². The molecule has 134 valence electrons. The van der Waals surface area contributed by atoms with Crippen LogP contribution in [-0.2, 0) is 9.47 Å². The summed E-state index contributed by atoms with van der Waals surface area (Å²) in [5.41, 5.74) is -0.519. The van der Waals surface area contributed by atoms with Crippen LogP contribution in [0.5, 0.6) is 0 Å². The first-order valence-electron chi connectivity index (χ1n) is 8.22. The number of hydrogen-bond donors (Lipinski definition) is 0. The summed E-state index contributed by atoms with van der Waals surface area (Å²) in [5, 5.41) is 0. The molecule has 1 amide bonds. The SMILES string of the molecule is COCC1CC(F)(F)CN1C1CCN(C(=O)OC(C)(C)C)CC1. The standard InChI is InChI=1S/C16H28F2N2O3/c1-15(2,3)23-14(21)19-7-5-12(6-8-19)20-11-16(17,18)9-13(20)10-22-4/h12-13H,5-11H2,1-4H3. The first kappa shape index (κ1) is 18.4. The molecule has 0 aromatic rings. The molecule has 0 aromatic carbocycles. The highest BCUT2D eigenvalue weighted by molar-refractivity contribution is 5.68.